The van der Waals surface area contributed by atoms with Gasteiger partial charge in [-0.15, -0.1) is 10.2 Å². The van der Waals surface area contributed by atoms with Gasteiger partial charge < -0.3 is 19.6 Å². The summed E-state index contributed by atoms with van der Waals surface area (Å²) in [5.41, 5.74) is 0.593. The Morgan fingerprint density at radius 2 is 2.30 bits per heavy atom. The van der Waals surface area contributed by atoms with Crippen molar-refractivity contribution < 1.29 is 13.6 Å². The van der Waals surface area contributed by atoms with Gasteiger partial charge in [0.25, 0.3) is 11.9 Å². The average Bonchev–Trinajstić information content (AvgIpc) is 3.13. The second-order valence-electron chi connectivity index (χ2n) is 5.13. The van der Waals surface area contributed by atoms with Gasteiger partial charge in [0.15, 0.2) is 11.4 Å². The van der Waals surface area contributed by atoms with Crippen LogP contribution < -0.4 is 10.6 Å². The molecule has 4 rings (SSSR count). The maximum atomic E-state index is 13.6. The monoisotopic (exact) mass is 316 g/mol. The molecule has 8 nitrogen and oxygen atoms in total. The Hall–Kier alpha value is -2.97. The Balaban J connectivity index is 1.45. The standard InChI is InChI=1S/C14H13FN6O2/c15-8-2-1-3-9-11(8)18-14(23-9)17-5-4-10-19-20-12-13(22)16-6-7-21(10)12/h1-3H,4-7H2,(H,16,22)(H,17,18). The molecule has 1 aromatic carbocycles. The number of nitrogens with one attached hydrogen (secondary N) is 2. The number of anilines is 1. The summed E-state index contributed by atoms with van der Waals surface area (Å²) in [4.78, 5) is 15.7. The number of carbonyl (C=O) groups excluding carboxylic acids is 1. The number of halogens is 1. The molecular weight excluding hydrogens is 303 g/mol. The Kier molecular flexibility index (Phi) is 3.18. The largest absolute Gasteiger partial charge is 0.423 e. The van der Waals surface area contributed by atoms with Crippen LogP contribution in [0.5, 0.6) is 0 Å². The molecule has 9 heteroatoms. The van der Waals surface area contributed by atoms with Crippen LogP contribution in [-0.4, -0.2) is 38.7 Å². The van der Waals surface area contributed by atoms with Gasteiger partial charge in [0.2, 0.25) is 5.82 Å². The predicted octanol–water partition coefficient (Wildman–Crippen LogP) is 0.956. The maximum absolute atomic E-state index is 13.6. The lowest BCUT2D eigenvalue weighted by Crippen LogP contribution is -2.36. The number of nitrogens with zero attached hydrogens (tertiary/aromatic N) is 4. The fourth-order valence-electron chi connectivity index (χ4n) is 2.56. The van der Waals surface area contributed by atoms with Crippen molar-refractivity contribution in [2.75, 3.05) is 18.4 Å². The van der Waals surface area contributed by atoms with E-state index in [1.54, 1.807) is 16.7 Å². The van der Waals surface area contributed by atoms with E-state index in [4.69, 9.17) is 4.42 Å². The summed E-state index contributed by atoms with van der Waals surface area (Å²) >= 11 is 0. The molecule has 0 radical (unpaired) electrons. The summed E-state index contributed by atoms with van der Waals surface area (Å²) in [6.07, 6.45) is 0.543. The molecule has 0 unspecified atom stereocenters. The Morgan fingerprint density at radius 1 is 1.39 bits per heavy atom. The lowest BCUT2D eigenvalue weighted by molar-refractivity contribution is 0.0921. The van der Waals surface area contributed by atoms with Crippen molar-refractivity contribution in [2.24, 2.45) is 0 Å². The molecule has 1 amide bonds. The van der Waals surface area contributed by atoms with Crippen LogP contribution in [-0.2, 0) is 13.0 Å². The number of oxazole rings is 1. The quantitative estimate of drug-likeness (QED) is 0.744. The fraction of sp³-hybridized carbons (Fsp3) is 0.286. The van der Waals surface area contributed by atoms with E-state index in [0.717, 1.165) is 0 Å². The lowest BCUT2D eigenvalue weighted by atomic mass is 10.3. The summed E-state index contributed by atoms with van der Waals surface area (Å²) in [7, 11) is 0. The number of hydrogen-bond acceptors (Lipinski definition) is 6. The smallest absolute Gasteiger partial charge is 0.295 e. The molecule has 0 aliphatic carbocycles. The molecule has 0 saturated heterocycles. The third kappa shape index (κ3) is 2.39. The summed E-state index contributed by atoms with van der Waals surface area (Å²) in [5.74, 6) is 0.411. The van der Waals surface area contributed by atoms with Crippen LogP contribution in [0.3, 0.4) is 0 Å². The first kappa shape index (κ1) is 13.7. The Bertz CT molecular complexity index is 887. The maximum Gasteiger partial charge on any atom is 0.295 e. The fourth-order valence-corrected chi connectivity index (χ4v) is 2.56. The van der Waals surface area contributed by atoms with E-state index in [0.29, 0.717) is 43.3 Å². The van der Waals surface area contributed by atoms with Crippen LogP contribution in [0.4, 0.5) is 10.4 Å². The number of hydrogen-bond donors (Lipinski definition) is 2. The van der Waals surface area contributed by atoms with E-state index in [-0.39, 0.29) is 17.4 Å². The minimum absolute atomic E-state index is 0.200. The molecule has 2 N–H and O–H groups in total. The van der Waals surface area contributed by atoms with Crippen LogP contribution in [0.1, 0.15) is 16.4 Å². The Morgan fingerprint density at radius 3 is 3.17 bits per heavy atom. The minimum atomic E-state index is -0.420. The van der Waals surface area contributed by atoms with Crippen molar-refractivity contribution >= 4 is 23.0 Å². The second kappa shape index (κ2) is 5.34. The van der Waals surface area contributed by atoms with Gasteiger partial charge in [-0.25, -0.2) is 4.39 Å². The number of rotatable bonds is 4. The molecule has 2 aromatic heterocycles. The van der Waals surface area contributed by atoms with E-state index >= 15 is 0 Å². The highest BCUT2D eigenvalue weighted by atomic mass is 19.1. The molecule has 0 spiro atoms. The first-order chi connectivity index (χ1) is 11.2. The predicted molar refractivity (Wildman–Crippen MR) is 78.5 cm³/mol. The van der Waals surface area contributed by atoms with Crippen molar-refractivity contribution in [1.29, 1.82) is 0 Å². The van der Waals surface area contributed by atoms with Gasteiger partial charge in [0.05, 0.1) is 0 Å². The third-order valence-corrected chi connectivity index (χ3v) is 3.65. The van der Waals surface area contributed by atoms with E-state index < -0.39 is 5.82 Å². The summed E-state index contributed by atoms with van der Waals surface area (Å²) in [6, 6.07) is 4.81. The first-order valence-electron chi connectivity index (χ1n) is 7.21. The molecule has 3 heterocycles. The molecule has 0 saturated carbocycles. The highest BCUT2D eigenvalue weighted by Crippen LogP contribution is 2.21. The van der Waals surface area contributed by atoms with Crippen LogP contribution in [0.2, 0.25) is 0 Å². The van der Waals surface area contributed by atoms with Gasteiger partial charge in [-0.1, -0.05) is 6.07 Å². The topological polar surface area (TPSA) is 97.9 Å². The molecule has 23 heavy (non-hydrogen) atoms. The van der Waals surface area contributed by atoms with Crippen LogP contribution in [0.15, 0.2) is 22.6 Å². The SMILES string of the molecule is O=C1NCCn2c(CCNc3nc4c(F)cccc4o3)nnc21. The van der Waals surface area contributed by atoms with Gasteiger partial charge in [0, 0.05) is 26.1 Å². The lowest BCUT2D eigenvalue weighted by Gasteiger charge is -2.15. The molecule has 0 fully saturated rings. The van der Waals surface area contributed by atoms with E-state index in [1.165, 1.54) is 6.07 Å². The molecule has 0 atom stereocenters. The summed E-state index contributed by atoms with van der Waals surface area (Å²) in [6.45, 7) is 1.69. The van der Waals surface area contributed by atoms with E-state index in [9.17, 15) is 9.18 Å². The second-order valence-corrected chi connectivity index (χ2v) is 5.13. The number of amides is 1. The zero-order chi connectivity index (χ0) is 15.8. The van der Waals surface area contributed by atoms with Crippen molar-refractivity contribution in [3.8, 4) is 0 Å². The zero-order valence-electron chi connectivity index (χ0n) is 12.0. The van der Waals surface area contributed by atoms with Crippen LogP contribution in [0, 0.1) is 5.82 Å². The molecule has 0 bridgehead atoms. The van der Waals surface area contributed by atoms with E-state index in [2.05, 4.69) is 25.8 Å². The minimum Gasteiger partial charge on any atom is -0.423 e. The van der Waals surface area contributed by atoms with Gasteiger partial charge in [-0.2, -0.15) is 4.98 Å². The summed E-state index contributed by atoms with van der Waals surface area (Å²) in [5, 5.41) is 13.6. The van der Waals surface area contributed by atoms with Gasteiger partial charge in [-0.3, -0.25) is 4.79 Å². The molecule has 1 aliphatic heterocycles. The van der Waals surface area contributed by atoms with E-state index in [1.807, 2.05) is 0 Å². The van der Waals surface area contributed by atoms with Crippen LogP contribution >= 0.6 is 0 Å². The zero-order valence-corrected chi connectivity index (χ0v) is 12.0. The van der Waals surface area contributed by atoms with Gasteiger partial charge in [-0.05, 0) is 12.1 Å². The third-order valence-electron chi connectivity index (χ3n) is 3.65. The average molecular weight is 316 g/mol. The number of aromatic nitrogens is 4. The number of fused-ring (bicyclic) bond motifs is 2. The van der Waals surface area contributed by atoms with Gasteiger partial charge in [0.1, 0.15) is 11.3 Å². The van der Waals surface area contributed by atoms with Gasteiger partial charge >= 0.3 is 0 Å². The molecular formula is C14H13FN6O2. The highest BCUT2D eigenvalue weighted by molar-refractivity contribution is 5.91. The summed E-state index contributed by atoms with van der Waals surface area (Å²) < 4.78 is 20.8. The molecule has 3 aromatic rings. The number of benzene rings is 1. The van der Waals surface area contributed by atoms with Crippen molar-refractivity contribution in [1.82, 2.24) is 25.1 Å². The first-order valence-corrected chi connectivity index (χ1v) is 7.21. The highest BCUT2D eigenvalue weighted by Gasteiger charge is 2.22. The molecule has 1 aliphatic rings. The van der Waals surface area contributed by atoms with Crippen molar-refractivity contribution in [2.45, 2.75) is 13.0 Å². The Labute approximate surface area is 129 Å². The number of carbonyl (C=O) groups is 1. The normalized spacial score (nSPS) is 13.9. The van der Waals surface area contributed by atoms with Crippen molar-refractivity contribution in [3.05, 3.63) is 35.7 Å². The number of para-hydroxylation sites is 1. The molecule has 118 valence electrons. The van der Waals surface area contributed by atoms with Crippen molar-refractivity contribution in [3.63, 3.8) is 0 Å². The van der Waals surface area contributed by atoms with Crippen LogP contribution in [0.25, 0.3) is 11.1 Å².